The van der Waals surface area contributed by atoms with Gasteiger partial charge in [0.2, 0.25) is 10.0 Å². The quantitative estimate of drug-likeness (QED) is 0.352. The summed E-state index contributed by atoms with van der Waals surface area (Å²) in [4.78, 5) is 21.1. The molecule has 11 nitrogen and oxygen atoms in total. The number of carbonyl (C=O) groups excluding carboxylic acids is 1. The molecular formula is C24H26N8O3S. The lowest BCUT2D eigenvalue weighted by molar-refractivity contribution is 0.0950. The van der Waals surface area contributed by atoms with E-state index in [0.717, 1.165) is 9.99 Å². The molecule has 36 heavy (non-hydrogen) atoms. The summed E-state index contributed by atoms with van der Waals surface area (Å²) in [6.07, 6.45) is 3.10. The van der Waals surface area contributed by atoms with Crippen LogP contribution in [-0.4, -0.2) is 57.5 Å². The Morgan fingerprint density at radius 1 is 1.03 bits per heavy atom. The molecule has 2 aromatic carbocycles. The summed E-state index contributed by atoms with van der Waals surface area (Å²) in [5, 5.41) is 14.5. The van der Waals surface area contributed by atoms with Crippen molar-refractivity contribution >= 4 is 21.6 Å². The summed E-state index contributed by atoms with van der Waals surface area (Å²) < 4.78 is 28.2. The van der Waals surface area contributed by atoms with E-state index in [-0.39, 0.29) is 17.3 Å². The first-order chi connectivity index (χ1) is 17.3. The van der Waals surface area contributed by atoms with Crippen molar-refractivity contribution in [1.82, 2.24) is 34.4 Å². The Morgan fingerprint density at radius 3 is 2.58 bits per heavy atom. The number of anilines is 1. The Kier molecular flexibility index (Phi) is 7.36. The molecular weight excluding hydrogens is 480 g/mol. The highest BCUT2D eigenvalue weighted by atomic mass is 32.2. The summed E-state index contributed by atoms with van der Waals surface area (Å²) >= 11 is 0. The third-order valence-corrected chi connectivity index (χ3v) is 7.44. The Hall–Kier alpha value is -4.16. The lowest BCUT2D eigenvalue weighted by Gasteiger charge is -2.15. The standard InChI is InChI=1S/C24H26N8O3S/c1-31(2)36(34,35)21-10-5-4-7-18(21)14-27-24(33)17-8-6-9-19(13-17)26-15-22-29-30-23(32(22)3)20-11-12-25-16-28-20/h4-13,16,26H,14-15H2,1-3H3,(H,27,33). The van der Waals surface area contributed by atoms with Crippen LogP contribution in [0.3, 0.4) is 0 Å². The molecule has 4 aromatic rings. The normalized spacial score (nSPS) is 11.4. The van der Waals surface area contributed by atoms with Crippen molar-refractivity contribution in [2.45, 2.75) is 18.0 Å². The van der Waals surface area contributed by atoms with Crippen LogP contribution < -0.4 is 10.6 Å². The molecule has 2 N–H and O–H groups in total. The van der Waals surface area contributed by atoms with Gasteiger partial charge >= 0.3 is 0 Å². The fourth-order valence-corrected chi connectivity index (χ4v) is 4.60. The van der Waals surface area contributed by atoms with Gasteiger partial charge < -0.3 is 15.2 Å². The van der Waals surface area contributed by atoms with Gasteiger partial charge in [-0.3, -0.25) is 4.79 Å². The topological polar surface area (TPSA) is 135 Å². The first-order valence-corrected chi connectivity index (χ1v) is 12.5. The second kappa shape index (κ2) is 10.6. The Labute approximate surface area is 209 Å². The molecule has 0 saturated carbocycles. The number of hydrogen-bond donors (Lipinski definition) is 2. The van der Waals surface area contributed by atoms with E-state index in [2.05, 4.69) is 30.8 Å². The van der Waals surface area contributed by atoms with Gasteiger partial charge in [0.25, 0.3) is 5.91 Å². The van der Waals surface area contributed by atoms with Gasteiger partial charge in [0, 0.05) is 45.1 Å². The van der Waals surface area contributed by atoms with Crippen LogP contribution in [-0.2, 0) is 30.2 Å². The zero-order valence-electron chi connectivity index (χ0n) is 20.1. The summed E-state index contributed by atoms with van der Waals surface area (Å²) in [6, 6.07) is 15.4. The van der Waals surface area contributed by atoms with Crippen LogP contribution in [0.1, 0.15) is 21.7 Å². The Morgan fingerprint density at radius 2 is 1.83 bits per heavy atom. The van der Waals surface area contributed by atoms with Crippen molar-refractivity contribution in [1.29, 1.82) is 0 Å². The number of nitrogens with zero attached hydrogens (tertiary/aromatic N) is 6. The molecule has 0 fully saturated rings. The number of rotatable bonds is 9. The number of carbonyl (C=O) groups is 1. The molecule has 0 saturated heterocycles. The molecule has 186 valence electrons. The highest BCUT2D eigenvalue weighted by molar-refractivity contribution is 7.89. The lowest BCUT2D eigenvalue weighted by Crippen LogP contribution is -2.27. The summed E-state index contributed by atoms with van der Waals surface area (Å²) in [5.41, 5.74) is 2.35. The molecule has 0 atom stereocenters. The summed E-state index contributed by atoms with van der Waals surface area (Å²) in [5.74, 6) is 0.997. The van der Waals surface area contributed by atoms with E-state index in [9.17, 15) is 13.2 Å². The minimum absolute atomic E-state index is 0.0739. The maximum Gasteiger partial charge on any atom is 0.251 e. The predicted molar refractivity (Wildman–Crippen MR) is 134 cm³/mol. The smallest absolute Gasteiger partial charge is 0.251 e. The predicted octanol–water partition coefficient (Wildman–Crippen LogP) is 2.06. The monoisotopic (exact) mass is 506 g/mol. The van der Waals surface area contributed by atoms with Crippen molar-refractivity contribution in [2.24, 2.45) is 7.05 Å². The van der Waals surface area contributed by atoms with E-state index in [1.807, 2.05) is 17.7 Å². The van der Waals surface area contributed by atoms with Crippen molar-refractivity contribution in [3.05, 3.63) is 84.1 Å². The molecule has 0 aliphatic heterocycles. The van der Waals surface area contributed by atoms with Crippen molar-refractivity contribution in [2.75, 3.05) is 19.4 Å². The van der Waals surface area contributed by atoms with E-state index in [1.54, 1.807) is 48.7 Å². The van der Waals surface area contributed by atoms with E-state index in [1.165, 1.54) is 26.5 Å². The van der Waals surface area contributed by atoms with Gasteiger partial charge in [-0.2, -0.15) is 0 Å². The highest BCUT2D eigenvalue weighted by Gasteiger charge is 2.21. The van der Waals surface area contributed by atoms with E-state index < -0.39 is 10.0 Å². The Bertz CT molecular complexity index is 1470. The summed E-state index contributed by atoms with van der Waals surface area (Å²) in [6.45, 7) is 0.458. The lowest BCUT2D eigenvalue weighted by atomic mass is 10.1. The molecule has 0 aliphatic carbocycles. The van der Waals surface area contributed by atoms with Gasteiger partial charge in [-0.05, 0) is 35.9 Å². The van der Waals surface area contributed by atoms with Gasteiger partial charge in [0.05, 0.1) is 11.4 Å². The second-order valence-electron chi connectivity index (χ2n) is 8.11. The van der Waals surface area contributed by atoms with Crippen LogP contribution in [0.25, 0.3) is 11.5 Å². The number of hydrogen-bond acceptors (Lipinski definition) is 8. The molecule has 4 rings (SSSR count). The van der Waals surface area contributed by atoms with Crippen LogP contribution in [0.15, 0.2) is 72.0 Å². The Balaban J connectivity index is 1.42. The maximum atomic E-state index is 12.8. The number of amides is 1. The minimum Gasteiger partial charge on any atom is -0.378 e. The van der Waals surface area contributed by atoms with E-state index in [0.29, 0.717) is 35.0 Å². The second-order valence-corrected chi connectivity index (χ2v) is 10.2. The molecule has 0 bridgehead atoms. The zero-order chi connectivity index (χ0) is 25.7. The van der Waals surface area contributed by atoms with Gasteiger partial charge in [-0.15, -0.1) is 10.2 Å². The first kappa shape index (κ1) is 24.9. The molecule has 0 unspecified atom stereocenters. The average Bonchev–Trinajstić information content (AvgIpc) is 3.26. The van der Waals surface area contributed by atoms with Crippen molar-refractivity contribution in [3.8, 4) is 11.5 Å². The highest BCUT2D eigenvalue weighted by Crippen LogP contribution is 2.19. The number of aromatic nitrogens is 5. The molecule has 12 heteroatoms. The van der Waals surface area contributed by atoms with Crippen LogP contribution in [0.2, 0.25) is 0 Å². The molecule has 0 spiro atoms. The van der Waals surface area contributed by atoms with Crippen molar-refractivity contribution in [3.63, 3.8) is 0 Å². The van der Waals surface area contributed by atoms with Gasteiger partial charge in [-0.25, -0.2) is 22.7 Å². The fourth-order valence-electron chi connectivity index (χ4n) is 3.49. The molecule has 2 aromatic heterocycles. The maximum absolute atomic E-state index is 12.8. The number of nitrogens with one attached hydrogen (secondary N) is 2. The zero-order valence-corrected chi connectivity index (χ0v) is 20.9. The van der Waals surface area contributed by atoms with Crippen LogP contribution in [0, 0.1) is 0 Å². The SMILES string of the molecule is CN(C)S(=O)(=O)c1ccccc1CNC(=O)c1cccc(NCc2nnc(-c3ccncn3)n2C)c1. The third kappa shape index (κ3) is 5.39. The van der Waals surface area contributed by atoms with Crippen LogP contribution in [0.5, 0.6) is 0 Å². The third-order valence-electron chi connectivity index (χ3n) is 5.52. The number of benzene rings is 2. The minimum atomic E-state index is -3.63. The summed E-state index contributed by atoms with van der Waals surface area (Å²) in [7, 11) is 1.17. The van der Waals surface area contributed by atoms with Gasteiger partial charge in [-0.1, -0.05) is 24.3 Å². The molecule has 0 aliphatic rings. The average molecular weight is 507 g/mol. The number of sulfonamides is 1. The van der Waals surface area contributed by atoms with Gasteiger partial charge in [0.15, 0.2) is 11.6 Å². The van der Waals surface area contributed by atoms with Crippen LogP contribution >= 0.6 is 0 Å². The van der Waals surface area contributed by atoms with Crippen LogP contribution in [0.4, 0.5) is 5.69 Å². The molecule has 2 heterocycles. The molecule has 1 amide bonds. The molecule has 0 radical (unpaired) electrons. The largest absolute Gasteiger partial charge is 0.378 e. The fraction of sp³-hybridized carbons (Fsp3) is 0.208. The first-order valence-electron chi connectivity index (χ1n) is 11.0. The van der Waals surface area contributed by atoms with E-state index in [4.69, 9.17) is 0 Å². The van der Waals surface area contributed by atoms with Crippen molar-refractivity contribution < 1.29 is 13.2 Å². The van der Waals surface area contributed by atoms with Gasteiger partial charge in [0.1, 0.15) is 12.0 Å². The van der Waals surface area contributed by atoms with E-state index >= 15 is 0 Å².